The quantitative estimate of drug-likeness (QED) is 0.518. The largest absolute Gasteiger partial charge is 0.501 e. The zero-order valence-electron chi connectivity index (χ0n) is 7.23. The highest BCUT2D eigenvalue weighted by Crippen LogP contribution is 2.44. The molecule has 1 atom stereocenters. The Balaban J connectivity index is 2.22. The zero-order chi connectivity index (χ0) is 7.73. The molecule has 0 aromatic rings. The molecule has 0 bridgehead atoms. The molecule has 1 saturated carbocycles. The van der Waals surface area contributed by atoms with Crippen LogP contribution in [0.25, 0.3) is 0 Å². The predicted molar refractivity (Wildman–Crippen MR) is 45.2 cm³/mol. The molecule has 2 aliphatic rings. The van der Waals surface area contributed by atoms with Gasteiger partial charge in [-0.2, -0.15) is 0 Å². The third-order valence-corrected chi connectivity index (χ3v) is 3.20. The Labute approximate surface area is 68.4 Å². The molecule has 1 nitrogen and oxygen atoms in total. The van der Waals surface area contributed by atoms with Crippen molar-refractivity contribution in [3.63, 3.8) is 0 Å². The summed E-state index contributed by atoms with van der Waals surface area (Å²) in [4.78, 5) is 0. The minimum absolute atomic E-state index is 0.510. The molecule has 1 unspecified atom stereocenters. The van der Waals surface area contributed by atoms with Crippen molar-refractivity contribution in [2.45, 2.75) is 39.0 Å². The summed E-state index contributed by atoms with van der Waals surface area (Å²) in [5.74, 6) is 0. The van der Waals surface area contributed by atoms with Crippen molar-refractivity contribution < 1.29 is 4.74 Å². The summed E-state index contributed by atoms with van der Waals surface area (Å²) in [6, 6.07) is 0. The van der Waals surface area contributed by atoms with Crippen LogP contribution in [0.5, 0.6) is 0 Å². The monoisotopic (exact) mass is 152 g/mol. The molecule has 0 radical (unpaired) electrons. The van der Waals surface area contributed by atoms with Crippen LogP contribution in [0.3, 0.4) is 0 Å². The maximum absolute atomic E-state index is 5.34. The molecule has 1 fully saturated rings. The molecule has 0 aromatic carbocycles. The smallest absolute Gasteiger partial charge is 0.0881 e. The summed E-state index contributed by atoms with van der Waals surface area (Å²) in [7, 11) is 0. The van der Waals surface area contributed by atoms with Gasteiger partial charge in [-0.3, -0.25) is 0 Å². The molecular weight excluding hydrogens is 136 g/mol. The van der Waals surface area contributed by atoms with Crippen molar-refractivity contribution in [2.75, 3.05) is 6.61 Å². The van der Waals surface area contributed by atoms with Gasteiger partial charge in [0.2, 0.25) is 0 Å². The number of hydrogen-bond donors (Lipinski definition) is 0. The first-order valence-electron chi connectivity index (χ1n) is 4.62. The Hall–Kier alpha value is -0.460. The molecule has 62 valence electrons. The van der Waals surface area contributed by atoms with E-state index < -0.39 is 0 Å². The fourth-order valence-corrected chi connectivity index (χ4v) is 2.22. The third kappa shape index (κ3) is 1.17. The van der Waals surface area contributed by atoms with Crippen LogP contribution in [0.4, 0.5) is 0 Å². The van der Waals surface area contributed by atoms with E-state index in [0.29, 0.717) is 5.41 Å². The topological polar surface area (TPSA) is 9.23 Å². The first-order chi connectivity index (χ1) is 5.31. The highest BCUT2D eigenvalue weighted by molar-refractivity contribution is 5.15. The van der Waals surface area contributed by atoms with E-state index in [4.69, 9.17) is 4.74 Å². The highest BCUT2D eigenvalue weighted by atomic mass is 16.5. The molecular formula is C10H16O. The average molecular weight is 152 g/mol. The van der Waals surface area contributed by atoms with Crippen LogP contribution in [-0.4, -0.2) is 6.61 Å². The van der Waals surface area contributed by atoms with Gasteiger partial charge < -0.3 is 4.74 Å². The van der Waals surface area contributed by atoms with Crippen LogP contribution < -0.4 is 0 Å². The highest BCUT2D eigenvalue weighted by Gasteiger charge is 2.33. The van der Waals surface area contributed by atoms with Gasteiger partial charge in [-0.15, -0.1) is 0 Å². The number of rotatable bonds is 0. The Morgan fingerprint density at radius 2 is 2.27 bits per heavy atom. The molecule has 0 aromatic heterocycles. The number of fused-ring (bicyclic) bond motifs is 1. The van der Waals surface area contributed by atoms with Gasteiger partial charge in [0.25, 0.3) is 0 Å². The summed E-state index contributed by atoms with van der Waals surface area (Å²) in [5, 5.41) is 0. The van der Waals surface area contributed by atoms with E-state index in [9.17, 15) is 0 Å². The van der Waals surface area contributed by atoms with Crippen molar-refractivity contribution in [1.82, 2.24) is 0 Å². The second-order valence-electron chi connectivity index (χ2n) is 4.03. The molecule has 11 heavy (non-hydrogen) atoms. The molecule has 0 N–H and O–H groups in total. The maximum Gasteiger partial charge on any atom is 0.0881 e. The fraction of sp³-hybridized carbons (Fsp3) is 0.800. The minimum atomic E-state index is 0.510. The van der Waals surface area contributed by atoms with Gasteiger partial charge in [0, 0.05) is 0 Å². The summed E-state index contributed by atoms with van der Waals surface area (Å²) >= 11 is 0. The lowest BCUT2D eigenvalue weighted by atomic mass is 9.69. The lowest BCUT2D eigenvalue weighted by Crippen LogP contribution is -2.27. The van der Waals surface area contributed by atoms with Crippen LogP contribution in [-0.2, 0) is 4.74 Å². The molecule has 2 rings (SSSR count). The standard InChI is InChI=1S/C10H16O/c1-10-5-3-2-4-9(10)8-11-7-6-10/h8H,2-7H2,1H3. The normalized spacial score (nSPS) is 37.0. The van der Waals surface area contributed by atoms with E-state index >= 15 is 0 Å². The molecule has 1 heteroatoms. The molecule has 0 amide bonds. The van der Waals surface area contributed by atoms with Gasteiger partial charge >= 0.3 is 0 Å². The zero-order valence-corrected chi connectivity index (χ0v) is 7.23. The van der Waals surface area contributed by atoms with Gasteiger partial charge in [-0.05, 0) is 36.7 Å². The third-order valence-electron chi connectivity index (χ3n) is 3.20. The summed E-state index contributed by atoms with van der Waals surface area (Å²) < 4.78 is 5.34. The summed E-state index contributed by atoms with van der Waals surface area (Å²) in [6.07, 6.45) is 8.68. The van der Waals surface area contributed by atoms with Crippen molar-refractivity contribution >= 4 is 0 Å². The van der Waals surface area contributed by atoms with E-state index in [1.807, 2.05) is 6.26 Å². The molecule has 1 heterocycles. The number of hydrogen-bond acceptors (Lipinski definition) is 1. The van der Waals surface area contributed by atoms with Gasteiger partial charge in [0.05, 0.1) is 12.9 Å². The van der Waals surface area contributed by atoms with E-state index in [-0.39, 0.29) is 0 Å². The Morgan fingerprint density at radius 3 is 3.09 bits per heavy atom. The summed E-state index contributed by atoms with van der Waals surface area (Å²) in [5.41, 5.74) is 2.08. The lowest BCUT2D eigenvalue weighted by molar-refractivity contribution is 0.134. The fourth-order valence-electron chi connectivity index (χ4n) is 2.22. The van der Waals surface area contributed by atoms with Crippen molar-refractivity contribution in [1.29, 1.82) is 0 Å². The van der Waals surface area contributed by atoms with Gasteiger partial charge in [0.1, 0.15) is 0 Å². The molecule has 0 spiro atoms. The van der Waals surface area contributed by atoms with Crippen LogP contribution in [0.15, 0.2) is 11.8 Å². The first kappa shape index (κ1) is 7.20. The molecule has 1 aliphatic carbocycles. The lowest BCUT2D eigenvalue weighted by Gasteiger charge is -2.38. The maximum atomic E-state index is 5.34. The minimum Gasteiger partial charge on any atom is -0.501 e. The second kappa shape index (κ2) is 2.54. The number of ether oxygens (including phenoxy) is 1. The van der Waals surface area contributed by atoms with E-state index in [0.717, 1.165) is 6.61 Å². The van der Waals surface area contributed by atoms with Crippen LogP contribution in [0.2, 0.25) is 0 Å². The van der Waals surface area contributed by atoms with Gasteiger partial charge in [-0.1, -0.05) is 13.3 Å². The first-order valence-corrected chi connectivity index (χ1v) is 4.62. The van der Waals surface area contributed by atoms with Gasteiger partial charge in [-0.25, -0.2) is 0 Å². The molecule has 1 aliphatic heterocycles. The van der Waals surface area contributed by atoms with E-state index in [1.165, 1.54) is 32.1 Å². The van der Waals surface area contributed by atoms with Crippen molar-refractivity contribution in [2.24, 2.45) is 5.41 Å². The van der Waals surface area contributed by atoms with Crippen LogP contribution in [0, 0.1) is 5.41 Å². The average Bonchev–Trinajstić information content (AvgIpc) is 2.03. The van der Waals surface area contributed by atoms with E-state index in [1.54, 1.807) is 5.57 Å². The predicted octanol–water partition coefficient (Wildman–Crippen LogP) is 2.87. The van der Waals surface area contributed by atoms with Crippen LogP contribution in [0.1, 0.15) is 39.0 Å². The number of allylic oxidation sites excluding steroid dienone is 1. The van der Waals surface area contributed by atoms with E-state index in [2.05, 4.69) is 6.92 Å². The van der Waals surface area contributed by atoms with Gasteiger partial charge in [0.15, 0.2) is 0 Å². The van der Waals surface area contributed by atoms with Crippen molar-refractivity contribution in [3.8, 4) is 0 Å². The van der Waals surface area contributed by atoms with Crippen molar-refractivity contribution in [3.05, 3.63) is 11.8 Å². The summed E-state index contributed by atoms with van der Waals surface area (Å²) in [6.45, 7) is 3.32. The van der Waals surface area contributed by atoms with Crippen LogP contribution >= 0.6 is 0 Å². The molecule has 0 saturated heterocycles. The SMILES string of the molecule is CC12CCCCC1=COCC2. The Kier molecular flexibility index (Phi) is 1.67. The second-order valence-corrected chi connectivity index (χ2v) is 4.03. The Morgan fingerprint density at radius 1 is 1.36 bits per heavy atom. The Bertz CT molecular complexity index is 183.